The highest BCUT2D eigenvalue weighted by atomic mass is 16.3. The van der Waals surface area contributed by atoms with Crippen molar-refractivity contribution >= 4 is 29.3 Å². The summed E-state index contributed by atoms with van der Waals surface area (Å²) in [6, 6.07) is 9.73. The monoisotopic (exact) mass is 368 g/mol. The molecule has 2 fully saturated rings. The number of hydrogen-bond acceptors (Lipinski definition) is 4. The van der Waals surface area contributed by atoms with Crippen molar-refractivity contribution in [2.45, 2.75) is 18.9 Å². The van der Waals surface area contributed by atoms with Gasteiger partial charge in [-0.2, -0.15) is 0 Å². The van der Waals surface area contributed by atoms with Gasteiger partial charge in [-0.15, -0.1) is 0 Å². The predicted molar refractivity (Wildman–Crippen MR) is 98.4 cm³/mol. The van der Waals surface area contributed by atoms with Gasteiger partial charge in [0, 0.05) is 19.3 Å². The van der Waals surface area contributed by atoms with E-state index in [0.717, 1.165) is 23.5 Å². The summed E-state index contributed by atoms with van der Waals surface area (Å²) >= 11 is 0. The summed E-state index contributed by atoms with van der Waals surface area (Å²) in [4.78, 5) is 41.2. The van der Waals surface area contributed by atoms with E-state index in [0.29, 0.717) is 17.9 Å². The Kier molecular flexibility index (Phi) is 4.31. The number of carbonyl (C=O) groups is 3. The number of nitrogens with zero attached hydrogens (tertiary/aromatic N) is 3. The van der Waals surface area contributed by atoms with Crippen molar-refractivity contribution in [3.63, 3.8) is 0 Å². The lowest BCUT2D eigenvalue weighted by molar-refractivity contribution is -0.116. The first-order chi connectivity index (χ1) is 13.0. The van der Waals surface area contributed by atoms with E-state index in [1.807, 2.05) is 12.1 Å². The van der Waals surface area contributed by atoms with Crippen LogP contribution in [0, 0.1) is 0 Å². The van der Waals surface area contributed by atoms with E-state index in [1.54, 1.807) is 42.5 Å². The number of amides is 5. The van der Waals surface area contributed by atoms with Gasteiger partial charge < -0.3 is 19.5 Å². The smallest absolute Gasteiger partial charge is 0.331 e. The van der Waals surface area contributed by atoms with Crippen molar-refractivity contribution in [1.29, 1.82) is 0 Å². The molecule has 0 aliphatic carbocycles. The number of anilines is 2. The van der Waals surface area contributed by atoms with E-state index < -0.39 is 0 Å². The highest BCUT2D eigenvalue weighted by molar-refractivity contribution is 6.19. The average Bonchev–Trinajstić information content (AvgIpc) is 3.37. The van der Waals surface area contributed by atoms with E-state index in [1.165, 1.54) is 4.90 Å². The van der Waals surface area contributed by atoms with Crippen molar-refractivity contribution in [3.05, 3.63) is 48.4 Å². The Morgan fingerprint density at radius 1 is 1.22 bits per heavy atom. The molecule has 2 aliphatic heterocycles. The number of likely N-dealkylation sites (tertiary alicyclic amines) is 1. The third-order valence-corrected chi connectivity index (χ3v) is 4.88. The quantitative estimate of drug-likeness (QED) is 0.844. The van der Waals surface area contributed by atoms with Crippen LogP contribution in [0.25, 0.3) is 0 Å². The summed E-state index contributed by atoms with van der Waals surface area (Å²) < 4.78 is 5.46. The van der Waals surface area contributed by atoms with Crippen molar-refractivity contribution in [2.75, 3.05) is 30.4 Å². The molecule has 2 aromatic rings. The molecule has 0 saturated carbocycles. The molecular formula is C19H20N4O4. The number of likely N-dealkylation sites (N-methyl/N-ethyl adjacent to an activating group) is 1. The standard InChI is InChI=1S/C19H20N4O4/c1-21-12-17(24)23(19(21)26)14-6-2-5-13(11-14)20-18(25)22-9-3-7-15(22)16-8-4-10-27-16/h2,4-6,8,10-11,15H,3,7,9,12H2,1H3,(H,20,25)/t15-/m0/s1. The molecule has 1 N–H and O–H groups in total. The average molecular weight is 368 g/mol. The van der Waals surface area contributed by atoms with Crippen LogP contribution in [0.3, 0.4) is 0 Å². The van der Waals surface area contributed by atoms with E-state index in [2.05, 4.69) is 5.32 Å². The predicted octanol–water partition coefficient (Wildman–Crippen LogP) is 3.05. The zero-order valence-electron chi connectivity index (χ0n) is 14.9. The van der Waals surface area contributed by atoms with Gasteiger partial charge >= 0.3 is 12.1 Å². The maximum absolute atomic E-state index is 12.8. The fourth-order valence-corrected chi connectivity index (χ4v) is 3.58. The second-order valence-corrected chi connectivity index (χ2v) is 6.72. The zero-order chi connectivity index (χ0) is 19.0. The number of nitrogens with one attached hydrogen (secondary N) is 1. The SMILES string of the molecule is CN1CC(=O)N(c2cccc(NC(=O)N3CCC[C@H]3c3ccco3)c2)C1=O. The van der Waals surface area contributed by atoms with Crippen LogP contribution in [0.15, 0.2) is 47.1 Å². The summed E-state index contributed by atoms with van der Waals surface area (Å²) in [5, 5.41) is 2.86. The number of hydrogen-bond donors (Lipinski definition) is 1. The molecule has 0 radical (unpaired) electrons. The van der Waals surface area contributed by atoms with Gasteiger partial charge in [0.05, 0.1) is 18.0 Å². The molecule has 4 rings (SSSR count). The Balaban J connectivity index is 1.51. The Labute approximate surface area is 156 Å². The van der Waals surface area contributed by atoms with Gasteiger partial charge in [0.15, 0.2) is 0 Å². The molecule has 3 heterocycles. The maximum atomic E-state index is 12.8. The minimum absolute atomic E-state index is 0.0496. The Morgan fingerprint density at radius 3 is 2.78 bits per heavy atom. The summed E-state index contributed by atoms with van der Waals surface area (Å²) in [5.41, 5.74) is 0.967. The van der Waals surface area contributed by atoms with E-state index in [9.17, 15) is 14.4 Å². The van der Waals surface area contributed by atoms with Crippen LogP contribution in [0.5, 0.6) is 0 Å². The fraction of sp³-hybridized carbons (Fsp3) is 0.316. The van der Waals surface area contributed by atoms with Crippen LogP contribution >= 0.6 is 0 Å². The van der Waals surface area contributed by atoms with Gasteiger partial charge in [0.2, 0.25) is 0 Å². The van der Waals surface area contributed by atoms with Gasteiger partial charge in [0.1, 0.15) is 12.3 Å². The number of imide groups is 1. The molecule has 0 unspecified atom stereocenters. The number of rotatable bonds is 3. The number of carbonyl (C=O) groups excluding carboxylic acids is 3. The molecule has 2 saturated heterocycles. The third kappa shape index (κ3) is 3.14. The number of urea groups is 2. The summed E-state index contributed by atoms with van der Waals surface area (Å²) in [6.07, 6.45) is 3.36. The van der Waals surface area contributed by atoms with Gasteiger partial charge in [0.25, 0.3) is 5.91 Å². The van der Waals surface area contributed by atoms with Crippen LogP contribution in [0.2, 0.25) is 0 Å². The van der Waals surface area contributed by atoms with Crippen LogP contribution in [0.1, 0.15) is 24.6 Å². The van der Waals surface area contributed by atoms with Crippen LogP contribution < -0.4 is 10.2 Å². The molecule has 27 heavy (non-hydrogen) atoms. The fourth-order valence-electron chi connectivity index (χ4n) is 3.58. The highest BCUT2D eigenvalue weighted by Crippen LogP contribution is 2.33. The Bertz CT molecular complexity index is 880. The Hall–Kier alpha value is -3.29. The Morgan fingerprint density at radius 2 is 2.07 bits per heavy atom. The molecule has 1 aromatic carbocycles. The van der Waals surface area contributed by atoms with Gasteiger partial charge in [-0.1, -0.05) is 6.07 Å². The van der Waals surface area contributed by atoms with Gasteiger partial charge in [-0.05, 0) is 43.2 Å². The van der Waals surface area contributed by atoms with Gasteiger partial charge in [-0.25, -0.2) is 14.5 Å². The lowest BCUT2D eigenvalue weighted by Crippen LogP contribution is -2.34. The molecule has 8 heteroatoms. The molecule has 8 nitrogen and oxygen atoms in total. The van der Waals surface area contributed by atoms with Crippen molar-refractivity contribution in [3.8, 4) is 0 Å². The molecule has 5 amide bonds. The second-order valence-electron chi connectivity index (χ2n) is 6.72. The lowest BCUT2D eigenvalue weighted by atomic mass is 10.2. The normalized spacial score (nSPS) is 19.9. The number of benzene rings is 1. The van der Waals surface area contributed by atoms with Crippen LogP contribution in [-0.4, -0.2) is 47.9 Å². The van der Waals surface area contributed by atoms with E-state index >= 15 is 0 Å². The number of furan rings is 1. The minimum atomic E-state index is -0.374. The first kappa shape index (κ1) is 17.1. The molecule has 2 aliphatic rings. The third-order valence-electron chi connectivity index (χ3n) is 4.88. The van der Waals surface area contributed by atoms with E-state index in [4.69, 9.17) is 4.42 Å². The van der Waals surface area contributed by atoms with Crippen LogP contribution in [-0.2, 0) is 4.79 Å². The van der Waals surface area contributed by atoms with E-state index in [-0.39, 0.29) is 30.6 Å². The molecule has 0 bridgehead atoms. The zero-order valence-corrected chi connectivity index (χ0v) is 14.9. The van der Waals surface area contributed by atoms with Crippen molar-refractivity contribution in [2.24, 2.45) is 0 Å². The van der Waals surface area contributed by atoms with Crippen molar-refractivity contribution in [1.82, 2.24) is 9.80 Å². The molecule has 0 spiro atoms. The molecule has 1 aromatic heterocycles. The first-order valence-corrected chi connectivity index (χ1v) is 8.84. The first-order valence-electron chi connectivity index (χ1n) is 8.84. The minimum Gasteiger partial charge on any atom is -0.467 e. The lowest BCUT2D eigenvalue weighted by Gasteiger charge is -2.24. The highest BCUT2D eigenvalue weighted by Gasteiger charge is 2.35. The summed E-state index contributed by atoms with van der Waals surface area (Å²) in [6.45, 7) is 0.693. The largest absolute Gasteiger partial charge is 0.467 e. The summed E-state index contributed by atoms with van der Waals surface area (Å²) in [7, 11) is 1.58. The molecule has 140 valence electrons. The maximum Gasteiger partial charge on any atom is 0.331 e. The topological polar surface area (TPSA) is 86.1 Å². The van der Waals surface area contributed by atoms with Crippen molar-refractivity contribution < 1.29 is 18.8 Å². The van der Waals surface area contributed by atoms with Gasteiger partial charge in [-0.3, -0.25) is 4.79 Å². The molecule has 1 atom stereocenters. The second kappa shape index (κ2) is 6.79. The van der Waals surface area contributed by atoms with Crippen LogP contribution in [0.4, 0.5) is 21.0 Å². The molecular weight excluding hydrogens is 348 g/mol. The summed E-state index contributed by atoms with van der Waals surface area (Å²) in [5.74, 6) is 0.483.